The van der Waals surface area contributed by atoms with Crippen molar-refractivity contribution < 1.29 is 0 Å². The van der Waals surface area contributed by atoms with Crippen molar-refractivity contribution in [1.29, 1.82) is 0 Å². The second-order valence-corrected chi connectivity index (χ2v) is 27.5. The van der Waals surface area contributed by atoms with E-state index in [1.807, 2.05) is 18.2 Å². The number of hydrogen-bond acceptors (Lipinski definition) is 4. The molecule has 0 saturated heterocycles. The molecule has 16 aromatic carbocycles. The average molecular weight is 1320 g/mol. The topological polar surface area (TPSA) is 71.3 Å². The molecule has 480 valence electrons. The highest BCUT2D eigenvalue weighted by Gasteiger charge is 2.31. The van der Waals surface area contributed by atoms with E-state index in [0.29, 0.717) is 5.95 Å². The molecule has 0 fully saturated rings. The largest absolute Gasteiger partial charge is 0.309 e. The van der Waals surface area contributed by atoms with Gasteiger partial charge in [0.1, 0.15) is 5.69 Å². The summed E-state index contributed by atoms with van der Waals surface area (Å²) < 4.78 is 9.48. The molecule has 0 aliphatic heterocycles. The number of benzene rings is 16. The van der Waals surface area contributed by atoms with E-state index in [1.165, 1.54) is 131 Å². The van der Waals surface area contributed by atoms with Crippen molar-refractivity contribution in [2.45, 2.75) is 0 Å². The van der Waals surface area contributed by atoms with Crippen molar-refractivity contribution in [3.05, 3.63) is 340 Å². The standard InChI is InChI=1S/2C48H28N4/c1-3-13-30(14-4-1)47-48(50-39-22-9-8-21-38(39)49-47)52-41-24-12-20-34-36-28-43-37(32-18-7-10-23-40(32)51(43)31-16-5-2-6-17-31)27-35(36)33-19-11-15-29-25-26-42(52)46(44(29)33)45(34)41;1-3-13-30(14-4-1)47-35-19-7-9-22-39(35)49-48(50-47)52-41-24-12-21-34-37-28-43-38(32-18-8-10-23-40(32)51(43)31-16-5-2-6-17-31)27-36(37)33-20-11-15-29-25-26-42(52)46(44(29)33)45(34)41/h2*1-28H. The number of hydrogen-bond donors (Lipinski definition) is 0. The van der Waals surface area contributed by atoms with E-state index in [9.17, 15) is 0 Å². The zero-order chi connectivity index (χ0) is 67.8. The molecule has 2 aliphatic carbocycles. The van der Waals surface area contributed by atoms with E-state index in [0.717, 1.165) is 83.7 Å². The number of aromatic nitrogens is 8. The van der Waals surface area contributed by atoms with Gasteiger partial charge < -0.3 is 9.13 Å². The van der Waals surface area contributed by atoms with Crippen LogP contribution in [-0.4, -0.2) is 38.2 Å². The Morgan fingerprint density at radius 3 is 1.12 bits per heavy atom. The van der Waals surface area contributed by atoms with Crippen LogP contribution >= 0.6 is 0 Å². The lowest BCUT2D eigenvalue weighted by Gasteiger charge is -2.16. The van der Waals surface area contributed by atoms with Crippen LogP contribution in [0.25, 0.3) is 221 Å². The second kappa shape index (κ2) is 21.7. The van der Waals surface area contributed by atoms with Crippen LogP contribution < -0.4 is 0 Å². The highest BCUT2D eigenvalue weighted by atomic mass is 15.2. The lowest BCUT2D eigenvalue weighted by Crippen LogP contribution is -2.03. The summed E-state index contributed by atoms with van der Waals surface area (Å²) in [6.45, 7) is 0. The molecule has 0 spiro atoms. The molecule has 24 rings (SSSR count). The third-order valence-corrected chi connectivity index (χ3v) is 22.1. The number of fused-ring (bicyclic) bond motifs is 14. The Kier molecular flexibility index (Phi) is 11.9. The van der Waals surface area contributed by atoms with Gasteiger partial charge in [0.05, 0.1) is 66.4 Å². The van der Waals surface area contributed by atoms with Gasteiger partial charge in [0.25, 0.3) is 0 Å². The Morgan fingerprint density at radius 1 is 0.192 bits per heavy atom. The quantitative estimate of drug-likeness (QED) is 0.166. The molecule has 6 aromatic heterocycles. The summed E-state index contributed by atoms with van der Waals surface area (Å²) in [7, 11) is 0. The van der Waals surface area contributed by atoms with Crippen LogP contribution in [0.3, 0.4) is 0 Å². The molecule has 8 heteroatoms. The van der Waals surface area contributed by atoms with E-state index in [2.05, 4.69) is 340 Å². The molecule has 0 bridgehead atoms. The molecule has 0 unspecified atom stereocenters. The van der Waals surface area contributed by atoms with Crippen LogP contribution in [-0.2, 0) is 0 Å². The van der Waals surface area contributed by atoms with Crippen molar-refractivity contribution in [3.63, 3.8) is 0 Å². The first-order chi connectivity index (χ1) is 51.6. The lowest BCUT2D eigenvalue weighted by molar-refractivity contribution is 1.01. The van der Waals surface area contributed by atoms with Gasteiger partial charge in [-0.05, 0) is 169 Å². The van der Waals surface area contributed by atoms with Crippen molar-refractivity contribution >= 4 is 131 Å². The summed E-state index contributed by atoms with van der Waals surface area (Å²) in [5, 5.41) is 16.0. The van der Waals surface area contributed by atoms with Gasteiger partial charge in [-0.25, -0.2) is 19.9 Å². The average Bonchev–Trinajstić information content (AvgIpc) is 1.54. The van der Waals surface area contributed by atoms with Gasteiger partial charge in [-0.2, -0.15) is 0 Å². The minimum absolute atomic E-state index is 0.673. The fourth-order valence-corrected chi connectivity index (χ4v) is 17.7. The zero-order valence-electron chi connectivity index (χ0n) is 55.9. The summed E-state index contributed by atoms with van der Waals surface area (Å²) in [5.41, 5.74) is 28.1. The van der Waals surface area contributed by atoms with Crippen LogP contribution in [0.5, 0.6) is 0 Å². The summed E-state index contributed by atoms with van der Waals surface area (Å²) in [6, 6.07) is 122. The number of para-hydroxylation sites is 7. The molecule has 0 N–H and O–H groups in total. The highest BCUT2D eigenvalue weighted by Crippen LogP contribution is 2.54. The van der Waals surface area contributed by atoms with E-state index in [1.54, 1.807) is 0 Å². The van der Waals surface area contributed by atoms with Gasteiger partial charge in [-0.1, -0.05) is 237 Å². The first kappa shape index (κ1) is 56.8. The van der Waals surface area contributed by atoms with E-state index < -0.39 is 0 Å². The van der Waals surface area contributed by atoms with Crippen LogP contribution in [0.4, 0.5) is 0 Å². The highest BCUT2D eigenvalue weighted by molar-refractivity contribution is 6.33. The molecular formula is C96H56N8. The smallest absolute Gasteiger partial charge is 0.235 e. The van der Waals surface area contributed by atoms with E-state index >= 15 is 0 Å². The Morgan fingerprint density at radius 2 is 0.587 bits per heavy atom. The third-order valence-electron chi connectivity index (χ3n) is 22.1. The van der Waals surface area contributed by atoms with Gasteiger partial charge in [-0.3, -0.25) is 9.13 Å². The lowest BCUT2D eigenvalue weighted by atomic mass is 9.91. The van der Waals surface area contributed by atoms with Crippen LogP contribution in [0, 0.1) is 0 Å². The minimum Gasteiger partial charge on any atom is -0.309 e. The summed E-state index contributed by atoms with van der Waals surface area (Å²) >= 11 is 0. The van der Waals surface area contributed by atoms with Crippen LogP contribution in [0.1, 0.15) is 0 Å². The van der Waals surface area contributed by atoms with Crippen molar-refractivity contribution in [3.8, 4) is 90.2 Å². The van der Waals surface area contributed by atoms with Gasteiger partial charge in [0.2, 0.25) is 5.95 Å². The summed E-state index contributed by atoms with van der Waals surface area (Å²) in [6.07, 6.45) is 0. The first-order valence-corrected chi connectivity index (χ1v) is 35.5. The zero-order valence-corrected chi connectivity index (χ0v) is 55.9. The predicted octanol–water partition coefficient (Wildman–Crippen LogP) is 24.6. The number of rotatable bonds is 6. The SMILES string of the molecule is c1ccc(-c2nc(-n3c4cccc5c4c4c6c(cccc6ccc43)-c3cc4c6ccccc6n(-c6ccccc6)c4cc3-5)nc3ccccc23)cc1.c1ccc(-c2nc3ccccc3nc2-n2c3cccc4c3c3c5c(cccc5ccc32)-c2cc3c5ccccc5n(-c5ccccc5)c3cc2-4)cc1. The van der Waals surface area contributed by atoms with Crippen molar-refractivity contribution in [1.82, 2.24) is 38.2 Å². The molecule has 0 saturated carbocycles. The Balaban J connectivity index is 0.000000127. The fourth-order valence-electron chi connectivity index (χ4n) is 17.7. The monoisotopic (exact) mass is 1320 g/mol. The molecule has 0 radical (unpaired) electrons. The van der Waals surface area contributed by atoms with Gasteiger partial charge in [0, 0.05) is 71.0 Å². The van der Waals surface area contributed by atoms with Crippen molar-refractivity contribution in [2.75, 3.05) is 0 Å². The van der Waals surface area contributed by atoms with E-state index in [-0.39, 0.29) is 0 Å². The summed E-state index contributed by atoms with van der Waals surface area (Å²) in [4.78, 5) is 21.3. The van der Waals surface area contributed by atoms with Gasteiger partial charge in [0.15, 0.2) is 5.82 Å². The third kappa shape index (κ3) is 8.01. The molecule has 6 heterocycles. The van der Waals surface area contributed by atoms with Gasteiger partial charge >= 0.3 is 0 Å². The van der Waals surface area contributed by atoms with Crippen molar-refractivity contribution in [2.24, 2.45) is 0 Å². The summed E-state index contributed by atoms with van der Waals surface area (Å²) in [5.74, 6) is 1.51. The first-order valence-electron chi connectivity index (χ1n) is 35.5. The van der Waals surface area contributed by atoms with Crippen LogP contribution in [0.2, 0.25) is 0 Å². The minimum atomic E-state index is 0.673. The Labute approximate surface area is 595 Å². The molecule has 2 aliphatic rings. The maximum atomic E-state index is 5.40. The molecular weight excluding hydrogens is 1270 g/mol. The number of nitrogens with zero attached hydrogens (tertiary/aromatic N) is 8. The fraction of sp³-hybridized carbons (Fsp3) is 0. The maximum absolute atomic E-state index is 5.40. The van der Waals surface area contributed by atoms with Crippen LogP contribution in [0.15, 0.2) is 340 Å². The Hall–Kier alpha value is -14.1. The molecule has 0 atom stereocenters. The molecule has 22 aromatic rings. The molecule has 0 amide bonds. The van der Waals surface area contributed by atoms with Gasteiger partial charge in [-0.15, -0.1) is 0 Å². The normalized spacial score (nSPS) is 12.2. The molecule has 8 nitrogen and oxygen atoms in total. The molecule has 104 heavy (non-hydrogen) atoms. The Bertz CT molecular complexity index is 7450. The van der Waals surface area contributed by atoms with E-state index in [4.69, 9.17) is 19.9 Å². The second-order valence-electron chi connectivity index (χ2n) is 27.5. The maximum Gasteiger partial charge on any atom is 0.235 e. The predicted molar refractivity (Wildman–Crippen MR) is 431 cm³/mol.